The lowest BCUT2D eigenvalue weighted by Crippen LogP contribution is -2.04. The SMILES string of the molecule is CCc1cc(NCc2ccc([N+](=O)[O-])cc2)nc(C)n1. The monoisotopic (exact) mass is 272 g/mol. The van der Waals surface area contributed by atoms with Gasteiger partial charge in [0.25, 0.3) is 5.69 Å². The third kappa shape index (κ3) is 3.50. The highest BCUT2D eigenvalue weighted by Crippen LogP contribution is 2.13. The lowest BCUT2D eigenvalue weighted by Gasteiger charge is -2.08. The lowest BCUT2D eigenvalue weighted by molar-refractivity contribution is -0.384. The molecule has 0 fully saturated rings. The fourth-order valence-electron chi connectivity index (χ4n) is 1.83. The van der Waals surface area contributed by atoms with Crippen LogP contribution in [0, 0.1) is 17.0 Å². The zero-order valence-corrected chi connectivity index (χ0v) is 11.5. The normalized spacial score (nSPS) is 10.3. The Hall–Kier alpha value is -2.50. The summed E-state index contributed by atoms with van der Waals surface area (Å²) in [5.41, 5.74) is 2.05. The standard InChI is InChI=1S/C14H16N4O2/c1-3-12-8-14(17-10(2)16-12)15-9-11-4-6-13(7-5-11)18(19)20/h4-8H,3,9H2,1-2H3,(H,15,16,17). The molecule has 0 atom stereocenters. The Kier molecular flexibility index (Phi) is 4.24. The Morgan fingerprint density at radius 3 is 2.55 bits per heavy atom. The second kappa shape index (κ2) is 6.10. The molecule has 0 aliphatic heterocycles. The number of benzene rings is 1. The third-order valence-corrected chi connectivity index (χ3v) is 2.87. The van der Waals surface area contributed by atoms with E-state index in [0.29, 0.717) is 6.54 Å². The Balaban J connectivity index is 2.04. The molecule has 6 nitrogen and oxygen atoms in total. The van der Waals surface area contributed by atoms with Crippen LogP contribution in [0.2, 0.25) is 0 Å². The van der Waals surface area contributed by atoms with Crippen LogP contribution in [0.25, 0.3) is 0 Å². The summed E-state index contributed by atoms with van der Waals surface area (Å²) >= 11 is 0. The Morgan fingerprint density at radius 1 is 1.25 bits per heavy atom. The molecule has 0 saturated carbocycles. The lowest BCUT2D eigenvalue weighted by atomic mass is 10.2. The quantitative estimate of drug-likeness (QED) is 0.668. The molecule has 0 aliphatic rings. The first-order valence-electron chi connectivity index (χ1n) is 6.40. The van der Waals surface area contributed by atoms with Crippen molar-refractivity contribution in [3.8, 4) is 0 Å². The number of hydrogen-bond acceptors (Lipinski definition) is 5. The van der Waals surface area contributed by atoms with E-state index in [2.05, 4.69) is 15.3 Å². The number of anilines is 1. The van der Waals surface area contributed by atoms with Crippen LogP contribution in [0.1, 0.15) is 24.0 Å². The van der Waals surface area contributed by atoms with Gasteiger partial charge >= 0.3 is 0 Å². The molecule has 20 heavy (non-hydrogen) atoms. The molecule has 6 heteroatoms. The molecule has 0 unspecified atom stereocenters. The summed E-state index contributed by atoms with van der Waals surface area (Å²) in [4.78, 5) is 18.8. The topological polar surface area (TPSA) is 81.0 Å². The third-order valence-electron chi connectivity index (χ3n) is 2.87. The number of aryl methyl sites for hydroxylation is 2. The molecular formula is C14H16N4O2. The molecule has 0 aliphatic carbocycles. The minimum absolute atomic E-state index is 0.0971. The van der Waals surface area contributed by atoms with Crippen molar-refractivity contribution in [1.82, 2.24) is 9.97 Å². The molecule has 0 saturated heterocycles. The zero-order chi connectivity index (χ0) is 14.5. The first-order chi connectivity index (χ1) is 9.58. The smallest absolute Gasteiger partial charge is 0.269 e. The molecular weight excluding hydrogens is 256 g/mol. The fraction of sp³-hybridized carbons (Fsp3) is 0.286. The van der Waals surface area contributed by atoms with Crippen LogP contribution in [0.5, 0.6) is 0 Å². The highest BCUT2D eigenvalue weighted by Gasteiger charge is 2.04. The minimum Gasteiger partial charge on any atom is -0.366 e. The van der Waals surface area contributed by atoms with Crippen LogP contribution in [0.3, 0.4) is 0 Å². The van der Waals surface area contributed by atoms with Gasteiger partial charge in [0, 0.05) is 30.4 Å². The predicted octanol–water partition coefficient (Wildman–Crippen LogP) is 2.87. The van der Waals surface area contributed by atoms with Gasteiger partial charge in [-0.3, -0.25) is 10.1 Å². The van der Waals surface area contributed by atoms with Crippen molar-refractivity contribution in [2.75, 3.05) is 5.32 Å². The molecule has 2 aromatic rings. The summed E-state index contributed by atoms with van der Waals surface area (Å²) in [5, 5.41) is 13.8. The molecule has 0 radical (unpaired) electrons. The molecule has 1 N–H and O–H groups in total. The highest BCUT2D eigenvalue weighted by atomic mass is 16.6. The maximum absolute atomic E-state index is 10.6. The van der Waals surface area contributed by atoms with Gasteiger partial charge in [-0.05, 0) is 18.9 Å². The van der Waals surface area contributed by atoms with E-state index in [0.717, 1.165) is 29.3 Å². The maximum atomic E-state index is 10.6. The Bertz CT molecular complexity index is 611. The van der Waals surface area contributed by atoms with Crippen molar-refractivity contribution in [2.24, 2.45) is 0 Å². The predicted molar refractivity (Wildman–Crippen MR) is 76.6 cm³/mol. The van der Waals surface area contributed by atoms with Gasteiger partial charge in [-0.2, -0.15) is 0 Å². The zero-order valence-electron chi connectivity index (χ0n) is 11.5. The average molecular weight is 272 g/mol. The van der Waals surface area contributed by atoms with E-state index in [9.17, 15) is 10.1 Å². The van der Waals surface area contributed by atoms with E-state index in [4.69, 9.17) is 0 Å². The van der Waals surface area contributed by atoms with Crippen molar-refractivity contribution < 1.29 is 4.92 Å². The summed E-state index contributed by atoms with van der Waals surface area (Å²) in [6, 6.07) is 8.39. The highest BCUT2D eigenvalue weighted by molar-refractivity contribution is 5.39. The van der Waals surface area contributed by atoms with E-state index < -0.39 is 4.92 Å². The van der Waals surface area contributed by atoms with Gasteiger partial charge in [-0.1, -0.05) is 19.1 Å². The van der Waals surface area contributed by atoms with Crippen molar-refractivity contribution >= 4 is 11.5 Å². The molecule has 0 bridgehead atoms. The van der Waals surface area contributed by atoms with Gasteiger partial charge in [0.1, 0.15) is 11.6 Å². The van der Waals surface area contributed by atoms with E-state index in [-0.39, 0.29) is 5.69 Å². The first kappa shape index (κ1) is 13.9. The fourth-order valence-corrected chi connectivity index (χ4v) is 1.83. The van der Waals surface area contributed by atoms with Gasteiger partial charge in [0.2, 0.25) is 0 Å². The molecule has 0 spiro atoms. The second-order valence-electron chi connectivity index (χ2n) is 4.42. The van der Waals surface area contributed by atoms with Crippen LogP contribution < -0.4 is 5.32 Å². The van der Waals surface area contributed by atoms with Crippen LogP contribution in [0.4, 0.5) is 11.5 Å². The summed E-state index contributed by atoms with van der Waals surface area (Å²) in [7, 11) is 0. The summed E-state index contributed by atoms with van der Waals surface area (Å²) < 4.78 is 0. The van der Waals surface area contributed by atoms with Crippen molar-refractivity contribution in [3.63, 3.8) is 0 Å². The minimum atomic E-state index is -0.404. The van der Waals surface area contributed by atoms with Gasteiger partial charge in [0.05, 0.1) is 4.92 Å². The molecule has 104 valence electrons. The van der Waals surface area contributed by atoms with Crippen LogP contribution in [-0.2, 0) is 13.0 Å². The molecule has 1 aromatic heterocycles. The van der Waals surface area contributed by atoms with Crippen molar-refractivity contribution in [2.45, 2.75) is 26.8 Å². The number of nitro groups is 1. The van der Waals surface area contributed by atoms with Gasteiger partial charge in [-0.15, -0.1) is 0 Å². The van der Waals surface area contributed by atoms with E-state index in [1.165, 1.54) is 12.1 Å². The van der Waals surface area contributed by atoms with E-state index >= 15 is 0 Å². The molecule has 0 amide bonds. The van der Waals surface area contributed by atoms with Crippen LogP contribution in [0.15, 0.2) is 30.3 Å². The van der Waals surface area contributed by atoms with Crippen LogP contribution >= 0.6 is 0 Å². The molecule has 1 aromatic carbocycles. The second-order valence-corrected chi connectivity index (χ2v) is 4.42. The van der Waals surface area contributed by atoms with Gasteiger partial charge in [-0.25, -0.2) is 9.97 Å². The summed E-state index contributed by atoms with van der Waals surface area (Å²) in [6.45, 7) is 4.47. The number of hydrogen-bond donors (Lipinski definition) is 1. The first-order valence-corrected chi connectivity index (χ1v) is 6.40. The molecule has 1 heterocycles. The average Bonchev–Trinajstić information content (AvgIpc) is 2.45. The maximum Gasteiger partial charge on any atom is 0.269 e. The van der Waals surface area contributed by atoms with Crippen molar-refractivity contribution in [3.05, 3.63) is 57.5 Å². The Labute approximate surface area is 117 Å². The number of rotatable bonds is 5. The van der Waals surface area contributed by atoms with Gasteiger partial charge in [0.15, 0.2) is 0 Å². The number of nitrogens with one attached hydrogen (secondary N) is 1. The van der Waals surface area contributed by atoms with Crippen molar-refractivity contribution in [1.29, 1.82) is 0 Å². The summed E-state index contributed by atoms with van der Waals surface area (Å²) in [5.74, 6) is 1.50. The number of non-ortho nitro benzene ring substituents is 1. The van der Waals surface area contributed by atoms with Gasteiger partial charge < -0.3 is 5.32 Å². The number of nitro benzene ring substituents is 1. The largest absolute Gasteiger partial charge is 0.366 e. The number of aromatic nitrogens is 2. The number of nitrogens with zero attached hydrogens (tertiary/aromatic N) is 3. The molecule has 2 rings (SSSR count). The van der Waals surface area contributed by atoms with E-state index in [1.54, 1.807) is 12.1 Å². The van der Waals surface area contributed by atoms with E-state index in [1.807, 2.05) is 19.9 Å². The van der Waals surface area contributed by atoms with Crippen LogP contribution in [-0.4, -0.2) is 14.9 Å². The Morgan fingerprint density at radius 2 is 1.95 bits per heavy atom. The summed E-state index contributed by atoms with van der Waals surface area (Å²) in [6.07, 6.45) is 0.857.